The van der Waals surface area contributed by atoms with Gasteiger partial charge in [-0.3, -0.25) is 4.79 Å². The Morgan fingerprint density at radius 1 is 1.20 bits per heavy atom. The van der Waals surface area contributed by atoms with Crippen molar-refractivity contribution in [1.29, 1.82) is 0 Å². The van der Waals surface area contributed by atoms with E-state index in [1.165, 1.54) is 11.3 Å². The number of nitrogens with zero attached hydrogens (tertiary/aromatic N) is 1. The monoisotopic (exact) mass is 413 g/mol. The van der Waals surface area contributed by atoms with Gasteiger partial charge in [0, 0.05) is 20.9 Å². The summed E-state index contributed by atoms with van der Waals surface area (Å²) in [5.74, 6) is 0.233. The number of fused-ring (bicyclic) bond motifs is 1. The molecular weight excluding hydrogens is 402 g/mol. The van der Waals surface area contributed by atoms with Crippen molar-refractivity contribution in [1.82, 2.24) is 4.98 Å². The van der Waals surface area contributed by atoms with Gasteiger partial charge in [0.05, 0.1) is 10.6 Å². The Labute approximate surface area is 138 Å². The van der Waals surface area contributed by atoms with Gasteiger partial charge in [-0.1, -0.05) is 19.9 Å². The van der Waals surface area contributed by atoms with Gasteiger partial charge in [-0.15, -0.1) is 11.3 Å². The SMILES string of the molecule is CC1(C)CC(=O)c2sc(-c3ccc(Br)c(Br)c3)nc2C1. The molecule has 0 saturated heterocycles. The lowest BCUT2D eigenvalue weighted by atomic mass is 9.78. The van der Waals surface area contributed by atoms with Crippen LogP contribution in [0.5, 0.6) is 0 Å². The Bertz CT molecular complexity index is 706. The average Bonchev–Trinajstić information content (AvgIpc) is 2.75. The van der Waals surface area contributed by atoms with Crippen LogP contribution in [0, 0.1) is 5.41 Å². The number of aromatic nitrogens is 1. The van der Waals surface area contributed by atoms with Gasteiger partial charge < -0.3 is 0 Å². The smallest absolute Gasteiger partial charge is 0.175 e. The first-order valence-electron chi connectivity index (χ1n) is 6.34. The fourth-order valence-corrected chi connectivity index (χ4v) is 4.11. The highest BCUT2D eigenvalue weighted by Crippen LogP contribution is 2.40. The number of hydrogen-bond acceptors (Lipinski definition) is 3. The minimum Gasteiger partial charge on any atom is -0.293 e. The van der Waals surface area contributed by atoms with Crippen molar-refractivity contribution in [2.45, 2.75) is 26.7 Å². The second kappa shape index (κ2) is 5.04. The number of carbonyl (C=O) groups excluding carboxylic acids is 1. The molecule has 5 heteroatoms. The summed E-state index contributed by atoms with van der Waals surface area (Å²) < 4.78 is 2.01. The van der Waals surface area contributed by atoms with Gasteiger partial charge in [0.1, 0.15) is 5.01 Å². The van der Waals surface area contributed by atoms with Crippen LogP contribution in [0.4, 0.5) is 0 Å². The van der Waals surface area contributed by atoms with Gasteiger partial charge in [-0.25, -0.2) is 4.98 Å². The molecule has 20 heavy (non-hydrogen) atoms. The van der Waals surface area contributed by atoms with E-state index in [0.29, 0.717) is 6.42 Å². The largest absolute Gasteiger partial charge is 0.293 e. The Morgan fingerprint density at radius 3 is 2.65 bits per heavy atom. The van der Waals surface area contributed by atoms with Crippen LogP contribution in [-0.2, 0) is 6.42 Å². The maximum Gasteiger partial charge on any atom is 0.175 e. The molecule has 104 valence electrons. The molecule has 1 heterocycles. The zero-order valence-electron chi connectivity index (χ0n) is 11.2. The normalized spacial score (nSPS) is 17.1. The van der Waals surface area contributed by atoms with Crippen molar-refractivity contribution in [2.75, 3.05) is 0 Å². The van der Waals surface area contributed by atoms with E-state index >= 15 is 0 Å². The minimum absolute atomic E-state index is 0.0235. The summed E-state index contributed by atoms with van der Waals surface area (Å²) in [7, 11) is 0. The summed E-state index contributed by atoms with van der Waals surface area (Å²) in [6, 6.07) is 6.05. The summed E-state index contributed by atoms with van der Waals surface area (Å²) in [5.41, 5.74) is 2.03. The number of carbonyl (C=O) groups is 1. The molecule has 0 aliphatic heterocycles. The topological polar surface area (TPSA) is 30.0 Å². The van der Waals surface area contributed by atoms with Crippen molar-refractivity contribution in [3.05, 3.63) is 37.7 Å². The molecular formula is C15H13Br2NOS. The van der Waals surface area contributed by atoms with E-state index in [1.54, 1.807) is 0 Å². The van der Waals surface area contributed by atoms with Gasteiger partial charge in [0.25, 0.3) is 0 Å². The summed E-state index contributed by atoms with van der Waals surface area (Å²) in [4.78, 5) is 17.8. The minimum atomic E-state index is 0.0235. The fraction of sp³-hybridized carbons (Fsp3) is 0.333. The number of thiazole rings is 1. The van der Waals surface area contributed by atoms with Gasteiger partial charge >= 0.3 is 0 Å². The molecule has 1 aromatic carbocycles. The van der Waals surface area contributed by atoms with E-state index < -0.39 is 0 Å². The van der Waals surface area contributed by atoms with E-state index in [9.17, 15) is 4.79 Å². The maximum absolute atomic E-state index is 12.2. The van der Waals surface area contributed by atoms with Crippen molar-refractivity contribution in [3.8, 4) is 10.6 Å². The molecule has 0 spiro atoms. The molecule has 0 N–H and O–H groups in total. The molecule has 0 fully saturated rings. The zero-order valence-corrected chi connectivity index (χ0v) is 15.2. The van der Waals surface area contributed by atoms with E-state index in [2.05, 4.69) is 45.7 Å². The third kappa shape index (κ3) is 2.63. The molecule has 1 aliphatic rings. The highest BCUT2D eigenvalue weighted by atomic mass is 79.9. The number of benzene rings is 1. The molecule has 0 atom stereocenters. The van der Waals surface area contributed by atoms with Crippen LogP contribution in [0.25, 0.3) is 10.6 Å². The van der Waals surface area contributed by atoms with E-state index in [4.69, 9.17) is 4.98 Å². The third-order valence-electron chi connectivity index (χ3n) is 3.40. The first kappa shape index (κ1) is 14.4. The summed E-state index contributed by atoms with van der Waals surface area (Å²) in [5, 5.41) is 0.925. The predicted octanol–water partition coefficient (Wildman–Crippen LogP) is 5.49. The van der Waals surface area contributed by atoms with Gasteiger partial charge in [-0.05, 0) is 55.8 Å². The summed E-state index contributed by atoms with van der Waals surface area (Å²) in [6.07, 6.45) is 1.49. The first-order chi connectivity index (χ1) is 9.35. The lowest BCUT2D eigenvalue weighted by Crippen LogP contribution is -2.25. The second-order valence-electron chi connectivity index (χ2n) is 5.86. The van der Waals surface area contributed by atoms with Crippen LogP contribution in [-0.4, -0.2) is 10.8 Å². The number of ketones is 1. The zero-order chi connectivity index (χ0) is 14.5. The third-order valence-corrected chi connectivity index (χ3v) is 6.47. The summed E-state index contributed by atoms with van der Waals surface area (Å²) >= 11 is 8.49. The molecule has 0 amide bonds. The Kier molecular flexibility index (Phi) is 3.63. The van der Waals surface area contributed by atoms with Crippen molar-refractivity contribution < 1.29 is 4.79 Å². The standard InChI is InChI=1S/C15H13Br2NOS/c1-15(2)6-11-13(12(19)7-15)20-14(18-11)8-3-4-9(16)10(17)5-8/h3-5H,6-7H2,1-2H3. The highest BCUT2D eigenvalue weighted by molar-refractivity contribution is 9.13. The van der Waals surface area contributed by atoms with Crippen LogP contribution in [0.2, 0.25) is 0 Å². The average molecular weight is 415 g/mol. The van der Waals surface area contributed by atoms with Crippen molar-refractivity contribution >= 4 is 49.0 Å². The second-order valence-corrected chi connectivity index (χ2v) is 8.57. The number of hydrogen-bond donors (Lipinski definition) is 0. The highest BCUT2D eigenvalue weighted by Gasteiger charge is 2.33. The van der Waals surface area contributed by atoms with Gasteiger partial charge in [0.15, 0.2) is 5.78 Å². The number of Topliss-reactive ketones (excluding diaryl/α,β-unsaturated/α-hetero) is 1. The van der Waals surface area contributed by atoms with Crippen LogP contribution in [0.1, 0.15) is 35.6 Å². The van der Waals surface area contributed by atoms with E-state index in [1.807, 2.05) is 18.2 Å². The molecule has 1 aliphatic carbocycles. The van der Waals surface area contributed by atoms with Crippen molar-refractivity contribution in [2.24, 2.45) is 5.41 Å². The van der Waals surface area contributed by atoms with E-state index in [0.717, 1.165) is 36.5 Å². The van der Waals surface area contributed by atoms with Crippen LogP contribution in [0.3, 0.4) is 0 Å². The molecule has 0 saturated carbocycles. The quantitative estimate of drug-likeness (QED) is 0.617. The van der Waals surface area contributed by atoms with Crippen LogP contribution in [0.15, 0.2) is 27.1 Å². The maximum atomic E-state index is 12.2. The number of rotatable bonds is 1. The molecule has 2 nitrogen and oxygen atoms in total. The molecule has 1 aromatic heterocycles. The molecule has 0 bridgehead atoms. The van der Waals surface area contributed by atoms with Gasteiger partial charge in [0.2, 0.25) is 0 Å². The van der Waals surface area contributed by atoms with E-state index in [-0.39, 0.29) is 11.2 Å². The lowest BCUT2D eigenvalue weighted by molar-refractivity contribution is 0.0916. The first-order valence-corrected chi connectivity index (χ1v) is 8.74. The van der Waals surface area contributed by atoms with Gasteiger partial charge in [-0.2, -0.15) is 0 Å². The Hall–Kier alpha value is -0.520. The Morgan fingerprint density at radius 2 is 1.95 bits per heavy atom. The number of halogens is 2. The molecule has 2 aromatic rings. The Balaban J connectivity index is 2.05. The molecule has 0 unspecified atom stereocenters. The molecule has 0 radical (unpaired) electrons. The van der Waals surface area contributed by atoms with Crippen LogP contribution < -0.4 is 0 Å². The predicted molar refractivity (Wildman–Crippen MR) is 89.4 cm³/mol. The summed E-state index contributed by atoms with van der Waals surface area (Å²) in [6.45, 7) is 4.26. The van der Waals surface area contributed by atoms with Crippen molar-refractivity contribution in [3.63, 3.8) is 0 Å². The molecule has 3 rings (SSSR count). The van der Waals surface area contributed by atoms with Crippen LogP contribution >= 0.6 is 43.2 Å². The fourth-order valence-electron chi connectivity index (χ4n) is 2.47. The lowest BCUT2D eigenvalue weighted by Gasteiger charge is -2.26.